The summed E-state index contributed by atoms with van der Waals surface area (Å²) in [6.45, 7) is 3.10. The lowest BCUT2D eigenvalue weighted by molar-refractivity contribution is 0.0585. The van der Waals surface area contributed by atoms with Gasteiger partial charge in [0, 0.05) is 25.5 Å². The number of hydrogen-bond acceptors (Lipinski definition) is 5. The minimum Gasteiger partial charge on any atom is -0.478 e. The minimum atomic E-state index is -3.75. The van der Waals surface area contributed by atoms with E-state index in [-0.39, 0.29) is 22.5 Å². The number of carbonyl (C=O) groups is 1. The predicted octanol–water partition coefficient (Wildman–Crippen LogP) is 0.873. The number of nitrogens with one attached hydrogen (secondary N) is 1. The number of carboxylic acids is 1. The molecule has 1 aliphatic heterocycles. The molecule has 1 aromatic heterocycles. The van der Waals surface area contributed by atoms with Crippen LogP contribution in [0, 0.1) is 5.92 Å². The maximum Gasteiger partial charge on any atom is 0.337 e. The highest BCUT2D eigenvalue weighted by Crippen LogP contribution is 2.20. The molecule has 1 aliphatic rings. The number of sulfonamides is 1. The van der Waals surface area contributed by atoms with Crippen molar-refractivity contribution in [1.29, 1.82) is 0 Å². The van der Waals surface area contributed by atoms with E-state index in [1.165, 1.54) is 12.1 Å². The number of rotatable bonds is 5. The molecule has 0 aliphatic carbocycles. The highest BCUT2D eigenvalue weighted by Gasteiger charge is 2.26. The first-order valence-corrected chi connectivity index (χ1v) is 8.18. The average Bonchev–Trinajstić information content (AvgIpc) is 2.48. The highest BCUT2D eigenvalue weighted by molar-refractivity contribution is 7.89. The monoisotopic (exact) mass is 314 g/mol. The maximum atomic E-state index is 12.2. The van der Waals surface area contributed by atoms with Crippen LogP contribution in [0.3, 0.4) is 0 Å². The Morgan fingerprint density at radius 2 is 2.10 bits per heavy atom. The fourth-order valence-electron chi connectivity index (χ4n) is 2.28. The van der Waals surface area contributed by atoms with E-state index in [0.717, 1.165) is 19.0 Å². The number of nitrogens with zero attached hydrogens (tertiary/aromatic N) is 1. The molecular weight excluding hydrogens is 296 g/mol. The van der Waals surface area contributed by atoms with Gasteiger partial charge in [-0.25, -0.2) is 22.9 Å². The van der Waals surface area contributed by atoms with Crippen LogP contribution in [0.4, 0.5) is 0 Å². The van der Waals surface area contributed by atoms with Crippen molar-refractivity contribution in [3.8, 4) is 0 Å². The molecule has 2 N–H and O–H groups in total. The zero-order chi connectivity index (χ0) is 15.5. The lowest BCUT2D eigenvalue weighted by Gasteiger charge is -2.28. The molecule has 1 unspecified atom stereocenters. The molecule has 1 fully saturated rings. The van der Waals surface area contributed by atoms with Crippen molar-refractivity contribution >= 4 is 16.0 Å². The normalized spacial score (nSPS) is 18.3. The lowest BCUT2D eigenvalue weighted by Crippen LogP contribution is -2.40. The van der Waals surface area contributed by atoms with Crippen LogP contribution in [0.1, 0.15) is 30.1 Å². The van der Waals surface area contributed by atoms with Gasteiger partial charge in [0.05, 0.1) is 5.56 Å². The Hall–Kier alpha value is -1.51. The number of pyridine rings is 1. The molecule has 1 atom stereocenters. The van der Waals surface area contributed by atoms with Crippen LogP contribution < -0.4 is 4.72 Å². The Balaban J connectivity index is 2.08. The fourth-order valence-corrected chi connectivity index (χ4v) is 3.52. The van der Waals surface area contributed by atoms with Crippen LogP contribution in [0.15, 0.2) is 23.4 Å². The third kappa shape index (κ3) is 3.99. The molecule has 0 bridgehead atoms. The molecule has 0 amide bonds. The molecular formula is C13H18N2O5S. The summed E-state index contributed by atoms with van der Waals surface area (Å²) in [6, 6.07) is 2.20. The summed E-state index contributed by atoms with van der Waals surface area (Å²) in [5.74, 6) is -0.915. The van der Waals surface area contributed by atoms with Crippen molar-refractivity contribution in [1.82, 2.24) is 9.71 Å². The summed E-state index contributed by atoms with van der Waals surface area (Å²) >= 11 is 0. The smallest absolute Gasteiger partial charge is 0.337 e. The summed E-state index contributed by atoms with van der Waals surface area (Å²) in [6.07, 6.45) is 2.67. The quantitative estimate of drug-likeness (QED) is 0.835. The van der Waals surface area contributed by atoms with Crippen LogP contribution >= 0.6 is 0 Å². The molecule has 21 heavy (non-hydrogen) atoms. The van der Waals surface area contributed by atoms with E-state index in [4.69, 9.17) is 9.84 Å². The van der Waals surface area contributed by atoms with Gasteiger partial charge >= 0.3 is 5.97 Å². The zero-order valence-electron chi connectivity index (χ0n) is 11.7. The van der Waals surface area contributed by atoms with Crippen LogP contribution in [-0.4, -0.2) is 43.7 Å². The van der Waals surface area contributed by atoms with Gasteiger partial charge < -0.3 is 9.84 Å². The third-order valence-electron chi connectivity index (χ3n) is 3.57. The van der Waals surface area contributed by atoms with Gasteiger partial charge in [-0.2, -0.15) is 0 Å². The standard InChI is InChI=1S/C13H18N2O5S/c1-9(10-4-6-20-7-5-10)15-21(18,19)12-3-2-11(8-14-12)13(16)17/h2-3,8-10,15H,4-7H2,1H3,(H,16,17). The van der Waals surface area contributed by atoms with Crippen molar-refractivity contribution in [2.24, 2.45) is 5.92 Å². The summed E-state index contributed by atoms with van der Waals surface area (Å²) in [5, 5.41) is 8.60. The van der Waals surface area contributed by atoms with Gasteiger partial charge in [0.25, 0.3) is 10.0 Å². The molecule has 8 heteroatoms. The van der Waals surface area contributed by atoms with Gasteiger partial charge in [-0.15, -0.1) is 0 Å². The Morgan fingerprint density at radius 3 is 2.62 bits per heavy atom. The van der Waals surface area contributed by atoms with E-state index in [1.54, 1.807) is 0 Å². The van der Waals surface area contributed by atoms with E-state index in [0.29, 0.717) is 13.2 Å². The number of hydrogen-bond donors (Lipinski definition) is 2. The number of ether oxygens (including phenoxy) is 1. The second-order valence-electron chi connectivity index (χ2n) is 5.05. The van der Waals surface area contributed by atoms with E-state index in [2.05, 4.69) is 9.71 Å². The lowest BCUT2D eigenvalue weighted by atomic mass is 9.94. The average molecular weight is 314 g/mol. The molecule has 0 saturated carbocycles. The van der Waals surface area contributed by atoms with Gasteiger partial charge in [-0.1, -0.05) is 0 Å². The number of carboxylic acid groups (broad SMARTS) is 1. The third-order valence-corrected chi connectivity index (χ3v) is 5.05. The molecule has 7 nitrogen and oxygen atoms in total. The van der Waals surface area contributed by atoms with Crippen LogP contribution in [0.2, 0.25) is 0 Å². The van der Waals surface area contributed by atoms with E-state index in [9.17, 15) is 13.2 Å². The highest BCUT2D eigenvalue weighted by atomic mass is 32.2. The zero-order valence-corrected chi connectivity index (χ0v) is 12.5. The molecule has 2 heterocycles. The van der Waals surface area contributed by atoms with Crippen LogP contribution in [-0.2, 0) is 14.8 Å². The molecule has 0 radical (unpaired) electrons. The minimum absolute atomic E-state index is 0.0496. The van der Waals surface area contributed by atoms with E-state index in [1.807, 2.05) is 6.92 Å². The predicted molar refractivity (Wildman–Crippen MR) is 74.5 cm³/mol. The Bertz CT molecular complexity index is 593. The molecule has 1 aromatic rings. The Kier molecular flexibility index (Phi) is 4.92. The topological polar surface area (TPSA) is 106 Å². The molecule has 0 aromatic carbocycles. The first-order valence-electron chi connectivity index (χ1n) is 6.69. The van der Waals surface area contributed by atoms with Crippen LogP contribution in [0.25, 0.3) is 0 Å². The molecule has 1 saturated heterocycles. The summed E-state index contributed by atoms with van der Waals surface area (Å²) < 4.78 is 32.3. The summed E-state index contributed by atoms with van der Waals surface area (Å²) in [7, 11) is -3.75. The van der Waals surface area contributed by atoms with Crippen LogP contribution in [0.5, 0.6) is 0 Å². The van der Waals surface area contributed by atoms with Gasteiger partial charge in [-0.3, -0.25) is 0 Å². The SMILES string of the molecule is CC(NS(=O)(=O)c1ccc(C(=O)O)cn1)C1CCOCC1. The molecule has 2 rings (SSSR count). The molecule has 116 valence electrons. The summed E-state index contributed by atoms with van der Waals surface area (Å²) in [5.41, 5.74) is -0.0496. The van der Waals surface area contributed by atoms with Crippen molar-refractivity contribution in [2.45, 2.75) is 30.8 Å². The van der Waals surface area contributed by atoms with Gasteiger partial charge in [0.2, 0.25) is 0 Å². The first-order chi connectivity index (χ1) is 9.90. The molecule has 0 spiro atoms. The van der Waals surface area contributed by atoms with E-state index >= 15 is 0 Å². The van der Waals surface area contributed by atoms with Crippen molar-refractivity contribution < 1.29 is 23.1 Å². The van der Waals surface area contributed by atoms with E-state index < -0.39 is 16.0 Å². The second-order valence-corrected chi connectivity index (χ2v) is 6.71. The first kappa shape index (κ1) is 15.9. The Morgan fingerprint density at radius 1 is 1.43 bits per heavy atom. The summed E-state index contributed by atoms with van der Waals surface area (Å²) in [4.78, 5) is 14.4. The van der Waals surface area contributed by atoms with Crippen molar-refractivity contribution in [3.63, 3.8) is 0 Å². The second kappa shape index (κ2) is 6.50. The van der Waals surface area contributed by atoms with Gasteiger partial charge in [-0.05, 0) is 37.8 Å². The maximum absolute atomic E-state index is 12.2. The number of aromatic nitrogens is 1. The Labute approximate surface area is 123 Å². The fraction of sp³-hybridized carbons (Fsp3) is 0.538. The van der Waals surface area contributed by atoms with Crippen molar-refractivity contribution in [3.05, 3.63) is 23.9 Å². The number of aromatic carboxylic acids is 1. The van der Waals surface area contributed by atoms with Gasteiger partial charge in [0.1, 0.15) is 0 Å². The van der Waals surface area contributed by atoms with Gasteiger partial charge in [0.15, 0.2) is 5.03 Å². The largest absolute Gasteiger partial charge is 0.478 e. The van der Waals surface area contributed by atoms with Crippen molar-refractivity contribution in [2.75, 3.05) is 13.2 Å².